The van der Waals surface area contributed by atoms with Crippen LogP contribution in [0, 0.1) is 0 Å². The molecule has 0 aliphatic carbocycles. The third-order valence-corrected chi connectivity index (χ3v) is 7.20. The molecular formula is C26H20Cl2N3NaO6S. The van der Waals surface area contributed by atoms with Gasteiger partial charge in [-0.2, -0.15) is 13.5 Å². The molecule has 1 amide bonds. The molecule has 0 aliphatic rings. The predicted octanol–water partition coefficient (Wildman–Crippen LogP) is 3.71. The van der Waals surface area contributed by atoms with E-state index in [-0.39, 0.29) is 56.5 Å². The van der Waals surface area contributed by atoms with E-state index in [1.165, 1.54) is 25.3 Å². The van der Waals surface area contributed by atoms with E-state index in [0.29, 0.717) is 34.2 Å². The van der Waals surface area contributed by atoms with Crippen LogP contribution >= 0.6 is 23.2 Å². The summed E-state index contributed by atoms with van der Waals surface area (Å²) >= 11 is 12.3. The van der Waals surface area contributed by atoms with Gasteiger partial charge in [0.15, 0.2) is 0 Å². The largest absolute Gasteiger partial charge is 1.00 e. The van der Waals surface area contributed by atoms with E-state index >= 15 is 0 Å². The van der Waals surface area contributed by atoms with Crippen LogP contribution in [0.4, 0.5) is 17.1 Å². The molecule has 0 saturated heterocycles. The monoisotopic (exact) mass is 595 g/mol. The minimum absolute atomic E-state index is 0. The molecule has 0 bridgehead atoms. The van der Waals surface area contributed by atoms with Gasteiger partial charge in [0, 0.05) is 21.7 Å². The molecule has 9 nitrogen and oxygen atoms in total. The van der Waals surface area contributed by atoms with E-state index < -0.39 is 26.7 Å². The average Bonchev–Trinajstić information content (AvgIpc) is 2.87. The van der Waals surface area contributed by atoms with Crippen LogP contribution in [-0.4, -0.2) is 26.0 Å². The Morgan fingerprint density at radius 1 is 1.05 bits per heavy atom. The van der Waals surface area contributed by atoms with Crippen LogP contribution in [0.1, 0.15) is 22.8 Å². The summed E-state index contributed by atoms with van der Waals surface area (Å²) in [6.07, 6.45) is 0.452. The van der Waals surface area contributed by atoms with Crippen molar-refractivity contribution in [2.75, 3.05) is 12.4 Å². The van der Waals surface area contributed by atoms with E-state index in [1.54, 1.807) is 43.3 Å². The fourth-order valence-corrected chi connectivity index (χ4v) is 5.02. The number of benzene rings is 4. The van der Waals surface area contributed by atoms with Crippen LogP contribution in [0.15, 0.2) is 75.8 Å². The smallest absolute Gasteiger partial charge is 0.870 e. The van der Waals surface area contributed by atoms with Crippen molar-refractivity contribution < 1.29 is 57.2 Å². The van der Waals surface area contributed by atoms with Crippen molar-refractivity contribution >= 4 is 67.1 Å². The quantitative estimate of drug-likeness (QED) is 0.189. The van der Waals surface area contributed by atoms with Gasteiger partial charge in [-0.3, -0.25) is 9.35 Å². The number of anilines is 1. The second kappa shape index (κ2) is 12.6. The molecule has 196 valence electrons. The number of nitrogens with zero attached hydrogens (tertiary/aromatic N) is 2. The Balaban J connectivity index is 0.00000420. The molecule has 2 N–H and O–H groups in total. The molecule has 0 fully saturated rings. The van der Waals surface area contributed by atoms with Gasteiger partial charge in [-0.25, -0.2) is 0 Å². The molecule has 39 heavy (non-hydrogen) atoms. The maximum absolute atomic E-state index is 13.4. The number of rotatable bonds is 7. The topological polar surface area (TPSA) is 140 Å². The SMILES string of the molecule is CCc1cc(N=Nc2c([O-])c(C(=O)Nc3ccc(OC)c(Cl)c3)cc3ccccc23)c(S(=O)(=O)O)cc1Cl.[Na+]. The first-order valence-electron chi connectivity index (χ1n) is 11.1. The van der Waals surface area contributed by atoms with Crippen molar-refractivity contribution in [2.24, 2.45) is 10.2 Å². The van der Waals surface area contributed by atoms with E-state index in [2.05, 4.69) is 15.5 Å². The Morgan fingerprint density at radius 3 is 2.41 bits per heavy atom. The summed E-state index contributed by atoms with van der Waals surface area (Å²) < 4.78 is 38.7. The normalized spacial score (nSPS) is 11.4. The van der Waals surface area contributed by atoms with Crippen molar-refractivity contribution in [1.29, 1.82) is 0 Å². The second-order valence-corrected chi connectivity index (χ2v) is 10.3. The zero-order chi connectivity index (χ0) is 27.6. The van der Waals surface area contributed by atoms with Crippen LogP contribution in [0.2, 0.25) is 10.0 Å². The van der Waals surface area contributed by atoms with Crippen LogP contribution in [0.5, 0.6) is 11.5 Å². The molecule has 4 aromatic carbocycles. The summed E-state index contributed by atoms with van der Waals surface area (Å²) in [6.45, 7) is 1.80. The average molecular weight is 596 g/mol. The zero-order valence-electron chi connectivity index (χ0n) is 21.0. The van der Waals surface area contributed by atoms with E-state index in [9.17, 15) is 22.9 Å². The van der Waals surface area contributed by atoms with Gasteiger partial charge in [-0.05, 0) is 53.8 Å². The second-order valence-electron chi connectivity index (χ2n) is 8.07. The summed E-state index contributed by atoms with van der Waals surface area (Å²) in [7, 11) is -3.24. The molecule has 0 radical (unpaired) electrons. The standard InChI is InChI=1S/C26H21Cl2N3O6S.Na/c1-3-14-11-21(23(13-19(14)27)38(34,35)36)30-31-24-17-7-5-4-6-15(17)10-18(25(24)32)26(33)29-16-8-9-22(37-2)20(28)12-16;/h4-13,32H,3H2,1-2H3,(H,29,33)(H,34,35,36);/q;+1/p-1. The van der Waals surface area contributed by atoms with Gasteiger partial charge in [-0.1, -0.05) is 60.1 Å². The molecule has 0 unspecified atom stereocenters. The molecule has 0 aromatic heterocycles. The molecule has 0 aliphatic heterocycles. The summed E-state index contributed by atoms with van der Waals surface area (Å²) in [4.78, 5) is 12.5. The van der Waals surface area contributed by atoms with E-state index in [1.807, 2.05) is 0 Å². The van der Waals surface area contributed by atoms with Crippen LogP contribution in [0.3, 0.4) is 0 Å². The minimum Gasteiger partial charge on any atom is -0.870 e. The third kappa shape index (κ3) is 6.72. The fourth-order valence-electron chi connectivity index (χ4n) is 3.77. The minimum atomic E-state index is -4.70. The number of carbonyl (C=O) groups excluding carboxylic acids is 1. The van der Waals surface area contributed by atoms with Gasteiger partial charge in [0.05, 0.1) is 17.8 Å². The zero-order valence-corrected chi connectivity index (χ0v) is 25.4. The molecule has 0 spiro atoms. The number of carbonyl (C=O) groups is 1. The number of methoxy groups -OCH3 is 1. The number of hydrogen-bond acceptors (Lipinski definition) is 7. The van der Waals surface area contributed by atoms with E-state index in [4.69, 9.17) is 27.9 Å². The number of aryl methyl sites for hydroxylation is 1. The maximum Gasteiger partial charge on any atom is 1.00 e. The number of nitrogens with one attached hydrogen (secondary N) is 1. The molecule has 13 heteroatoms. The van der Waals surface area contributed by atoms with Crippen molar-refractivity contribution in [2.45, 2.75) is 18.2 Å². The first-order valence-corrected chi connectivity index (χ1v) is 13.3. The number of azo groups is 1. The molecule has 0 saturated carbocycles. The number of ether oxygens (including phenoxy) is 1. The molecule has 0 atom stereocenters. The van der Waals surface area contributed by atoms with Crippen LogP contribution in [-0.2, 0) is 16.5 Å². The summed E-state index contributed by atoms with van der Waals surface area (Å²) in [5.41, 5.74) is 0.286. The van der Waals surface area contributed by atoms with Crippen LogP contribution < -0.4 is 44.7 Å². The molecule has 0 heterocycles. The van der Waals surface area contributed by atoms with Crippen molar-refractivity contribution in [3.8, 4) is 11.5 Å². The van der Waals surface area contributed by atoms with Gasteiger partial charge in [0.2, 0.25) is 0 Å². The molecule has 4 aromatic rings. The van der Waals surface area contributed by atoms with Crippen LogP contribution in [0.25, 0.3) is 10.8 Å². The Bertz CT molecular complexity index is 1710. The van der Waals surface area contributed by atoms with Gasteiger partial charge in [-0.15, -0.1) is 5.11 Å². The van der Waals surface area contributed by atoms with Crippen molar-refractivity contribution in [3.63, 3.8) is 0 Å². The summed E-state index contributed by atoms with van der Waals surface area (Å²) in [6, 6.07) is 15.2. The summed E-state index contributed by atoms with van der Waals surface area (Å²) in [5.74, 6) is -1.03. The predicted molar refractivity (Wildman–Crippen MR) is 144 cm³/mol. The number of amides is 1. The van der Waals surface area contributed by atoms with Gasteiger partial charge in [0.1, 0.15) is 16.3 Å². The fraction of sp³-hybridized carbons (Fsp3) is 0.115. The number of halogens is 2. The Kier molecular flexibility index (Phi) is 10.0. The molecule has 4 rings (SSSR count). The first kappa shape index (κ1) is 30.8. The Labute approximate surface area is 256 Å². The maximum atomic E-state index is 13.4. The molecular weight excluding hydrogens is 576 g/mol. The summed E-state index contributed by atoms with van der Waals surface area (Å²) in [5, 5.41) is 25.4. The van der Waals surface area contributed by atoms with Crippen molar-refractivity contribution in [1.82, 2.24) is 0 Å². The Morgan fingerprint density at radius 2 is 1.77 bits per heavy atom. The van der Waals surface area contributed by atoms with Gasteiger partial charge >= 0.3 is 29.6 Å². The number of fused-ring (bicyclic) bond motifs is 1. The third-order valence-electron chi connectivity index (χ3n) is 5.67. The first-order chi connectivity index (χ1) is 18.0. The van der Waals surface area contributed by atoms with Gasteiger partial charge in [0.25, 0.3) is 16.0 Å². The Hall–Kier alpha value is -2.70. The van der Waals surface area contributed by atoms with E-state index in [0.717, 1.165) is 6.07 Å². The number of hydrogen-bond donors (Lipinski definition) is 2. The van der Waals surface area contributed by atoms with Gasteiger partial charge < -0.3 is 15.2 Å². The van der Waals surface area contributed by atoms with Crippen molar-refractivity contribution in [3.05, 3.63) is 81.8 Å².